The van der Waals surface area contributed by atoms with E-state index in [1.165, 1.54) is 13.1 Å². The summed E-state index contributed by atoms with van der Waals surface area (Å²) in [5.74, 6) is -4.04. The fourth-order valence-electron chi connectivity index (χ4n) is 12.5. The maximum atomic E-state index is 14.6. The van der Waals surface area contributed by atoms with Gasteiger partial charge < -0.3 is 82.5 Å². The van der Waals surface area contributed by atoms with Gasteiger partial charge in [-0.25, -0.2) is 4.79 Å². The standard InChI is InChI=1S/C57H93N3O17/c1-17-42-57(12,68)48(63)35(6)59(15)28-31(2)26-55(10,67)49(77-53-46(62)41(58(13)14)23-32(3)73-53)33(4)47(34(5)52(66)75-42)76-43-27-56(11,69-16)50(36(7)74-43)71-22-21-70-20-18-19-37-24-38-30-72-54(8,9)60-29-40(51(64)65)45(61)39(25-37)44(38)60/h24-25,29,31-36,41-43,46-50,53,62-63,67-68H,17-23,26-28,30H2,1-16H3,(H,64,65)/t31-,32-,33+,34-,35-,36+,41+,42-,43+,46-,47+,48-,49-,50+,53+,55-,56-,57-/m1/s1. The van der Waals surface area contributed by atoms with Crippen molar-refractivity contribution in [3.63, 3.8) is 0 Å². The quantitative estimate of drug-likeness (QED) is 0.112. The van der Waals surface area contributed by atoms with Crippen LogP contribution in [0.3, 0.4) is 0 Å². The van der Waals surface area contributed by atoms with Gasteiger partial charge >= 0.3 is 11.9 Å². The van der Waals surface area contributed by atoms with Crippen LogP contribution in [0.5, 0.6) is 0 Å². The Bertz CT molecular complexity index is 2380. The Labute approximate surface area is 455 Å². The number of methoxy groups -OCH3 is 1. The number of aryl methyl sites for hydroxylation is 1. The first-order chi connectivity index (χ1) is 35.9. The van der Waals surface area contributed by atoms with Gasteiger partial charge in [-0.2, -0.15) is 0 Å². The van der Waals surface area contributed by atoms with E-state index < -0.39 is 113 Å². The molecule has 0 aliphatic carbocycles. The highest BCUT2D eigenvalue weighted by Gasteiger charge is 2.53. The van der Waals surface area contributed by atoms with Crippen LogP contribution < -0.4 is 5.43 Å². The highest BCUT2D eigenvalue weighted by Crippen LogP contribution is 2.41. The van der Waals surface area contributed by atoms with E-state index in [0.717, 1.165) is 11.1 Å². The lowest BCUT2D eigenvalue weighted by Gasteiger charge is -2.49. The van der Waals surface area contributed by atoms with Crippen molar-refractivity contribution in [2.24, 2.45) is 17.8 Å². The van der Waals surface area contributed by atoms with Gasteiger partial charge in [0.05, 0.1) is 66.9 Å². The SMILES string of the molecule is CC[C@H]1OC(=O)[C@H](C)[C@@H](O[C@H]2C[C@@](C)(OC)[C@@H](OCCOCCCc3cc4c5c(c3)c(=O)c(C(=O)O)cn5C(C)(C)OC4)[C@H](C)O2)[C@H](C)[C@@H](O[C@@H]2O[C@H](C)C[C@H](N(C)C)[C@H]2O)[C@](C)(O)C[C@@H](C)CN(C)[C@H](C)[C@@H](O)[C@]1(C)O. The summed E-state index contributed by atoms with van der Waals surface area (Å²) < 4.78 is 59.3. The molecule has 0 bridgehead atoms. The van der Waals surface area contributed by atoms with Crippen molar-refractivity contribution < 1.29 is 77.8 Å². The number of nitrogens with zero attached hydrogens (tertiary/aromatic N) is 3. The summed E-state index contributed by atoms with van der Waals surface area (Å²) in [7, 11) is 7.19. The first-order valence-corrected chi connectivity index (χ1v) is 27.7. The monoisotopic (exact) mass is 1090 g/mol. The molecule has 77 heavy (non-hydrogen) atoms. The smallest absolute Gasteiger partial charge is 0.341 e. The second-order valence-corrected chi connectivity index (χ2v) is 24.2. The molecule has 5 heterocycles. The zero-order chi connectivity index (χ0) is 57.3. The van der Waals surface area contributed by atoms with E-state index >= 15 is 0 Å². The highest BCUT2D eigenvalue weighted by atomic mass is 16.7. The fraction of sp³-hybridized carbons (Fsp3) is 0.807. The van der Waals surface area contributed by atoms with Gasteiger partial charge in [0.15, 0.2) is 12.6 Å². The molecule has 1 aromatic carbocycles. The second-order valence-electron chi connectivity index (χ2n) is 24.2. The molecule has 438 valence electrons. The lowest BCUT2D eigenvalue weighted by Crippen LogP contribution is -2.61. The van der Waals surface area contributed by atoms with Crippen molar-refractivity contribution in [1.29, 1.82) is 0 Å². The van der Waals surface area contributed by atoms with Gasteiger partial charge in [-0.1, -0.05) is 26.8 Å². The summed E-state index contributed by atoms with van der Waals surface area (Å²) in [6.45, 7) is 23.1. The molecule has 20 nitrogen and oxygen atoms in total. The van der Waals surface area contributed by atoms with Gasteiger partial charge in [0.25, 0.3) is 0 Å². The van der Waals surface area contributed by atoms with Crippen LogP contribution in [0.25, 0.3) is 10.9 Å². The molecule has 18 atom stereocenters. The number of aliphatic hydroxyl groups excluding tert-OH is 2. The van der Waals surface area contributed by atoms with Crippen LogP contribution in [-0.2, 0) is 66.2 Å². The number of hydrogen-bond acceptors (Lipinski definition) is 18. The van der Waals surface area contributed by atoms with Crippen molar-refractivity contribution in [1.82, 2.24) is 14.4 Å². The minimum absolute atomic E-state index is 0.161. The Morgan fingerprint density at radius 3 is 2.25 bits per heavy atom. The van der Waals surface area contributed by atoms with Crippen LogP contribution in [-0.4, -0.2) is 197 Å². The Kier molecular flexibility index (Phi) is 20.7. The summed E-state index contributed by atoms with van der Waals surface area (Å²) in [6.07, 6.45) is -5.60. The number of aromatic nitrogens is 1. The third kappa shape index (κ3) is 13.9. The van der Waals surface area contributed by atoms with E-state index in [1.54, 1.807) is 45.4 Å². The van der Waals surface area contributed by atoms with E-state index in [-0.39, 0.29) is 62.7 Å². The maximum absolute atomic E-state index is 14.6. The largest absolute Gasteiger partial charge is 0.477 e. The number of ether oxygens (including phenoxy) is 9. The number of cyclic esters (lactones) is 1. The zero-order valence-electron chi connectivity index (χ0n) is 48.6. The molecule has 3 fully saturated rings. The molecular weight excluding hydrogens is 999 g/mol. The predicted octanol–water partition coefficient (Wildman–Crippen LogP) is 4.81. The van der Waals surface area contributed by atoms with Gasteiger partial charge in [0, 0.05) is 61.8 Å². The summed E-state index contributed by atoms with van der Waals surface area (Å²) in [4.78, 5) is 43.8. The molecule has 0 amide bonds. The molecule has 0 unspecified atom stereocenters. The molecule has 1 aromatic heterocycles. The number of esters is 1. The van der Waals surface area contributed by atoms with Crippen LogP contribution >= 0.6 is 0 Å². The molecule has 4 aliphatic rings. The average molecular weight is 1090 g/mol. The van der Waals surface area contributed by atoms with E-state index in [1.807, 2.05) is 85.5 Å². The highest BCUT2D eigenvalue weighted by molar-refractivity contribution is 5.94. The van der Waals surface area contributed by atoms with Crippen LogP contribution in [0.2, 0.25) is 0 Å². The molecule has 0 radical (unpaired) electrons. The van der Waals surface area contributed by atoms with Gasteiger partial charge in [0.1, 0.15) is 41.3 Å². The van der Waals surface area contributed by atoms with E-state index in [9.17, 15) is 39.9 Å². The molecule has 0 spiro atoms. The summed E-state index contributed by atoms with van der Waals surface area (Å²) in [6, 6.07) is 2.89. The Balaban J connectivity index is 1.19. The third-order valence-electron chi connectivity index (χ3n) is 17.1. The molecular formula is C57H93N3O17. The molecule has 5 N–H and O–H groups in total. The number of hydrogen-bond donors (Lipinski definition) is 5. The molecule has 2 aromatic rings. The Morgan fingerprint density at radius 2 is 1.61 bits per heavy atom. The van der Waals surface area contributed by atoms with Gasteiger partial charge in [-0.3, -0.25) is 9.59 Å². The normalized spacial score (nSPS) is 38.8. The summed E-state index contributed by atoms with van der Waals surface area (Å²) in [5, 5.41) is 58.3. The minimum atomic E-state index is -1.84. The van der Waals surface area contributed by atoms with Crippen molar-refractivity contribution in [3.05, 3.63) is 45.2 Å². The number of benzene rings is 1. The lowest BCUT2D eigenvalue weighted by atomic mass is 9.77. The van der Waals surface area contributed by atoms with Crippen LogP contribution in [0.4, 0.5) is 0 Å². The topological polar surface area (TPSA) is 247 Å². The number of aliphatic hydroxyl groups is 4. The first-order valence-electron chi connectivity index (χ1n) is 27.7. The van der Waals surface area contributed by atoms with Crippen molar-refractivity contribution in [2.75, 3.05) is 54.6 Å². The van der Waals surface area contributed by atoms with Crippen molar-refractivity contribution in [2.45, 2.75) is 224 Å². The maximum Gasteiger partial charge on any atom is 0.341 e. The fourth-order valence-corrected chi connectivity index (χ4v) is 12.5. The van der Waals surface area contributed by atoms with Gasteiger partial charge in [-0.05, 0) is 133 Å². The van der Waals surface area contributed by atoms with Crippen LogP contribution in [0.1, 0.15) is 137 Å². The average Bonchev–Trinajstić information content (AvgIpc) is 3.35. The second kappa shape index (κ2) is 25.3. The summed E-state index contributed by atoms with van der Waals surface area (Å²) >= 11 is 0. The molecule has 20 heteroatoms. The first kappa shape index (κ1) is 63.0. The number of carbonyl (C=O) groups excluding carboxylic acids is 1. The van der Waals surface area contributed by atoms with Gasteiger partial charge in [-0.15, -0.1) is 0 Å². The van der Waals surface area contributed by atoms with Gasteiger partial charge in [0.2, 0.25) is 5.43 Å². The van der Waals surface area contributed by atoms with Crippen LogP contribution in [0.15, 0.2) is 23.1 Å². The molecule has 6 rings (SSSR count). The van der Waals surface area contributed by atoms with E-state index in [4.69, 9.17) is 42.6 Å². The molecule has 0 saturated carbocycles. The number of carboxylic acid groups (broad SMARTS) is 1. The van der Waals surface area contributed by atoms with Crippen molar-refractivity contribution in [3.8, 4) is 0 Å². The number of likely N-dealkylation sites (N-methyl/N-ethyl adjacent to an activating group) is 2. The molecule has 4 aliphatic heterocycles. The number of aromatic carboxylic acids is 1. The number of carboxylic acids is 1. The zero-order valence-corrected chi connectivity index (χ0v) is 48.6. The summed E-state index contributed by atoms with van der Waals surface area (Å²) in [5.41, 5.74) is -3.73. The number of carbonyl (C=O) groups is 2. The predicted molar refractivity (Wildman–Crippen MR) is 286 cm³/mol. The lowest BCUT2D eigenvalue weighted by molar-refractivity contribution is -0.321. The van der Waals surface area contributed by atoms with Crippen molar-refractivity contribution >= 4 is 22.8 Å². The number of rotatable bonds is 16. The third-order valence-corrected chi connectivity index (χ3v) is 17.1. The molecule has 3 saturated heterocycles. The number of pyridine rings is 1. The Hall–Kier alpha value is -3.19. The van der Waals surface area contributed by atoms with E-state index in [2.05, 4.69) is 0 Å². The minimum Gasteiger partial charge on any atom is -0.477 e. The van der Waals surface area contributed by atoms with Crippen LogP contribution in [0, 0.1) is 17.8 Å². The van der Waals surface area contributed by atoms with E-state index in [0.29, 0.717) is 43.3 Å². The Morgan fingerprint density at radius 1 is 0.922 bits per heavy atom.